The molecule has 7 nitrogen and oxygen atoms in total. The Morgan fingerprint density at radius 1 is 1.10 bits per heavy atom. The van der Waals surface area contributed by atoms with Gasteiger partial charge in [-0.15, -0.1) is 0 Å². The lowest BCUT2D eigenvalue weighted by molar-refractivity contribution is -0.136. The molecule has 2 aromatic carbocycles. The highest BCUT2D eigenvalue weighted by Crippen LogP contribution is 2.23. The van der Waals surface area contributed by atoms with E-state index in [0.29, 0.717) is 21.7 Å². The van der Waals surface area contributed by atoms with E-state index >= 15 is 0 Å². The normalized spacial score (nSPS) is 10.6. The zero-order valence-electron chi connectivity index (χ0n) is 15.9. The minimum absolute atomic E-state index is 0.0326. The van der Waals surface area contributed by atoms with Gasteiger partial charge in [0.05, 0.1) is 6.54 Å². The molecule has 8 heteroatoms. The third-order valence-electron chi connectivity index (χ3n) is 4.15. The number of esters is 1. The van der Waals surface area contributed by atoms with E-state index in [-0.39, 0.29) is 18.2 Å². The zero-order chi connectivity index (χ0) is 21.0. The number of ether oxygens (including phenoxy) is 1. The van der Waals surface area contributed by atoms with E-state index < -0.39 is 18.5 Å². The molecule has 0 atom stereocenters. The molecule has 0 aliphatic heterocycles. The fourth-order valence-electron chi connectivity index (χ4n) is 2.56. The van der Waals surface area contributed by atoms with Crippen LogP contribution in [0.1, 0.15) is 16.1 Å². The molecule has 1 heterocycles. The van der Waals surface area contributed by atoms with Crippen LogP contribution in [0.2, 0.25) is 5.02 Å². The molecule has 0 saturated heterocycles. The number of carbonyl (C=O) groups is 3. The van der Waals surface area contributed by atoms with E-state index in [1.54, 1.807) is 30.3 Å². The largest absolute Gasteiger partial charge is 0.450 e. The van der Waals surface area contributed by atoms with Gasteiger partial charge in [0.15, 0.2) is 6.61 Å². The van der Waals surface area contributed by atoms with Gasteiger partial charge in [0, 0.05) is 23.1 Å². The predicted molar refractivity (Wildman–Crippen MR) is 109 cm³/mol. The van der Waals surface area contributed by atoms with Gasteiger partial charge in [0.1, 0.15) is 5.58 Å². The Kier molecular flexibility index (Phi) is 6.19. The second-order valence-electron chi connectivity index (χ2n) is 6.53. The van der Waals surface area contributed by atoms with Gasteiger partial charge < -0.3 is 19.4 Å². The van der Waals surface area contributed by atoms with Crippen LogP contribution < -0.4 is 5.32 Å². The minimum atomic E-state index is -0.775. The van der Waals surface area contributed by atoms with Crippen LogP contribution in [0.5, 0.6) is 0 Å². The van der Waals surface area contributed by atoms with E-state index in [1.807, 2.05) is 19.1 Å². The molecule has 0 unspecified atom stereocenters. The molecular weight excluding hydrogens is 396 g/mol. The van der Waals surface area contributed by atoms with Gasteiger partial charge in [0.25, 0.3) is 5.91 Å². The first-order valence-electron chi connectivity index (χ1n) is 8.78. The van der Waals surface area contributed by atoms with Gasteiger partial charge in [-0.3, -0.25) is 9.59 Å². The van der Waals surface area contributed by atoms with Crippen molar-refractivity contribution in [3.8, 4) is 0 Å². The number of furan rings is 1. The van der Waals surface area contributed by atoms with Crippen molar-refractivity contribution in [3.63, 3.8) is 0 Å². The van der Waals surface area contributed by atoms with Crippen molar-refractivity contribution in [2.45, 2.75) is 6.92 Å². The first-order chi connectivity index (χ1) is 13.8. The van der Waals surface area contributed by atoms with E-state index in [1.165, 1.54) is 18.0 Å². The summed E-state index contributed by atoms with van der Waals surface area (Å²) in [4.78, 5) is 37.5. The average molecular weight is 415 g/mol. The van der Waals surface area contributed by atoms with Crippen molar-refractivity contribution in [2.75, 3.05) is 25.5 Å². The molecule has 1 N–H and O–H groups in total. The molecule has 0 aliphatic rings. The number of nitrogens with one attached hydrogen (secondary N) is 1. The number of nitrogens with zero attached hydrogens (tertiary/aromatic N) is 1. The summed E-state index contributed by atoms with van der Waals surface area (Å²) >= 11 is 5.90. The van der Waals surface area contributed by atoms with E-state index in [4.69, 9.17) is 20.8 Å². The quantitative estimate of drug-likeness (QED) is 0.622. The molecule has 150 valence electrons. The van der Waals surface area contributed by atoms with Gasteiger partial charge >= 0.3 is 5.97 Å². The van der Waals surface area contributed by atoms with Gasteiger partial charge in [-0.1, -0.05) is 29.3 Å². The van der Waals surface area contributed by atoms with Gasteiger partial charge in [-0.2, -0.15) is 0 Å². The zero-order valence-corrected chi connectivity index (χ0v) is 16.7. The standard InChI is InChI=1S/C21H19ClN2O5/c1-13-3-6-16(7-4-13)23-19(25)11-24(2)20(26)12-28-21(27)18-10-14-9-15(22)5-8-17(14)29-18/h3-10H,11-12H2,1-2H3,(H,23,25). The van der Waals surface area contributed by atoms with Gasteiger partial charge in [0.2, 0.25) is 11.7 Å². The van der Waals surface area contributed by atoms with Crippen LogP contribution in [-0.4, -0.2) is 42.9 Å². The number of aryl methyl sites for hydroxylation is 1. The number of fused-ring (bicyclic) bond motifs is 1. The summed E-state index contributed by atoms with van der Waals surface area (Å²) in [6.45, 7) is 1.26. The number of hydrogen-bond acceptors (Lipinski definition) is 5. The number of halogens is 1. The summed E-state index contributed by atoms with van der Waals surface area (Å²) < 4.78 is 10.4. The van der Waals surface area contributed by atoms with Gasteiger partial charge in [-0.05, 0) is 43.3 Å². The molecule has 2 amide bonds. The number of rotatable bonds is 6. The fraction of sp³-hybridized carbons (Fsp3) is 0.190. The molecule has 3 aromatic rings. The number of carbonyl (C=O) groups excluding carboxylic acids is 3. The lowest BCUT2D eigenvalue weighted by Crippen LogP contribution is -2.37. The average Bonchev–Trinajstić information content (AvgIpc) is 3.10. The maximum Gasteiger partial charge on any atom is 0.374 e. The Hall–Kier alpha value is -3.32. The van der Waals surface area contributed by atoms with E-state index in [0.717, 1.165) is 5.56 Å². The fourth-order valence-corrected chi connectivity index (χ4v) is 2.74. The molecule has 0 saturated carbocycles. The second kappa shape index (κ2) is 8.79. The lowest BCUT2D eigenvalue weighted by atomic mass is 10.2. The van der Waals surface area contributed by atoms with Crippen LogP contribution in [0, 0.1) is 6.92 Å². The molecule has 0 fully saturated rings. The van der Waals surface area contributed by atoms with Crippen LogP contribution in [0.25, 0.3) is 11.0 Å². The summed E-state index contributed by atoms with van der Waals surface area (Å²) in [5.41, 5.74) is 2.19. The summed E-state index contributed by atoms with van der Waals surface area (Å²) in [5, 5.41) is 3.87. The number of amides is 2. The first-order valence-corrected chi connectivity index (χ1v) is 9.16. The highest BCUT2D eigenvalue weighted by Gasteiger charge is 2.18. The number of benzene rings is 2. The molecule has 0 aliphatic carbocycles. The molecule has 0 spiro atoms. The van der Waals surface area contributed by atoms with Crippen molar-refractivity contribution in [3.05, 3.63) is 64.9 Å². The Morgan fingerprint density at radius 3 is 2.55 bits per heavy atom. The summed E-state index contributed by atoms with van der Waals surface area (Å²) in [6, 6.07) is 13.7. The number of likely N-dealkylation sites (N-methyl/N-ethyl adjacent to an activating group) is 1. The van der Waals surface area contributed by atoms with Crippen molar-refractivity contribution in [1.82, 2.24) is 4.90 Å². The first kappa shape index (κ1) is 20.4. The SMILES string of the molecule is Cc1ccc(NC(=O)CN(C)C(=O)COC(=O)c2cc3cc(Cl)ccc3o2)cc1. The van der Waals surface area contributed by atoms with Gasteiger partial charge in [-0.25, -0.2) is 4.79 Å². The van der Waals surface area contributed by atoms with Crippen molar-refractivity contribution < 1.29 is 23.5 Å². The Bertz CT molecular complexity index is 1060. The predicted octanol–water partition coefficient (Wildman–Crippen LogP) is 3.65. The van der Waals surface area contributed by atoms with E-state index in [2.05, 4.69) is 5.32 Å². The highest BCUT2D eigenvalue weighted by molar-refractivity contribution is 6.31. The Morgan fingerprint density at radius 2 is 1.83 bits per heavy atom. The number of hydrogen-bond donors (Lipinski definition) is 1. The number of anilines is 1. The maximum atomic E-state index is 12.1. The second-order valence-corrected chi connectivity index (χ2v) is 6.97. The maximum absolute atomic E-state index is 12.1. The minimum Gasteiger partial charge on any atom is -0.450 e. The van der Waals surface area contributed by atoms with Crippen LogP contribution in [0.3, 0.4) is 0 Å². The van der Waals surface area contributed by atoms with Crippen molar-refractivity contribution in [1.29, 1.82) is 0 Å². The monoisotopic (exact) mass is 414 g/mol. The summed E-state index contributed by atoms with van der Waals surface area (Å²) in [5.74, 6) is -1.68. The van der Waals surface area contributed by atoms with E-state index in [9.17, 15) is 14.4 Å². The molecule has 0 radical (unpaired) electrons. The van der Waals surface area contributed by atoms with Crippen LogP contribution in [-0.2, 0) is 14.3 Å². The molecule has 3 rings (SSSR count). The third-order valence-corrected chi connectivity index (χ3v) is 4.38. The van der Waals surface area contributed by atoms with Crippen molar-refractivity contribution in [2.24, 2.45) is 0 Å². The van der Waals surface area contributed by atoms with Crippen molar-refractivity contribution >= 4 is 46.0 Å². The van der Waals surface area contributed by atoms with Crippen LogP contribution >= 0.6 is 11.6 Å². The third kappa shape index (κ3) is 5.36. The summed E-state index contributed by atoms with van der Waals surface area (Å²) in [6.07, 6.45) is 0. The summed E-state index contributed by atoms with van der Waals surface area (Å²) in [7, 11) is 1.45. The highest BCUT2D eigenvalue weighted by atomic mass is 35.5. The Balaban J connectivity index is 1.50. The molecule has 0 bridgehead atoms. The molecule has 1 aromatic heterocycles. The smallest absolute Gasteiger partial charge is 0.374 e. The molecular formula is C21H19ClN2O5. The lowest BCUT2D eigenvalue weighted by Gasteiger charge is -2.16. The molecule has 29 heavy (non-hydrogen) atoms. The van der Waals surface area contributed by atoms with Crippen LogP contribution in [0.15, 0.2) is 52.9 Å². The van der Waals surface area contributed by atoms with Crippen LogP contribution in [0.4, 0.5) is 5.69 Å². The Labute approximate surface area is 172 Å². The topological polar surface area (TPSA) is 88.9 Å².